The molecule has 0 amide bonds. The molecule has 3 nitrogen and oxygen atoms in total. The zero-order valence-corrected chi connectivity index (χ0v) is 16.8. The van der Waals surface area contributed by atoms with E-state index in [2.05, 4.69) is 13.8 Å². The van der Waals surface area contributed by atoms with E-state index in [0.717, 1.165) is 18.4 Å². The molecule has 134 valence electrons. The van der Waals surface area contributed by atoms with Gasteiger partial charge in [0.25, 0.3) is 0 Å². The summed E-state index contributed by atoms with van der Waals surface area (Å²) in [4.78, 5) is 0. The van der Waals surface area contributed by atoms with E-state index < -0.39 is 8.80 Å². The molecule has 0 aliphatic carbocycles. The van der Waals surface area contributed by atoms with E-state index in [9.17, 15) is 0 Å². The lowest BCUT2D eigenvalue weighted by Gasteiger charge is -2.24. The van der Waals surface area contributed by atoms with Gasteiger partial charge in [0.15, 0.2) is 0 Å². The highest BCUT2D eigenvalue weighted by Crippen LogP contribution is 2.18. The van der Waals surface area contributed by atoms with Crippen LogP contribution in [0.15, 0.2) is 0 Å². The van der Waals surface area contributed by atoms with Gasteiger partial charge in [0.2, 0.25) is 0 Å². The average Bonchev–Trinajstić information content (AvgIpc) is 2.52. The summed E-state index contributed by atoms with van der Waals surface area (Å²) in [6, 6.07) is 0.937. The summed E-state index contributed by atoms with van der Waals surface area (Å²) in [5.74, 6) is 0.871. The van der Waals surface area contributed by atoms with Crippen LogP contribution in [0.5, 0.6) is 0 Å². The van der Waals surface area contributed by atoms with Gasteiger partial charge in [-0.2, -0.15) is 0 Å². The second kappa shape index (κ2) is 14.7. The summed E-state index contributed by atoms with van der Waals surface area (Å²) in [7, 11) is 2.76. The largest absolute Gasteiger partial charge is 0.500 e. The first-order valence-electron chi connectivity index (χ1n) is 9.25. The maximum Gasteiger partial charge on any atom is 0.500 e. The Kier molecular flexibility index (Phi) is 14.7. The fourth-order valence-electron chi connectivity index (χ4n) is 2.86. The molecule has 0 rings (SSSR count). The van der Waals surface area contributed by atoms with Crippen LogP contribution in [0.25, 0.3) is 0 Å². The van der Waals surface area contributed by atoms with Gasteiger partial charge in [-0.25, -0.2) is 0 Å². The zero-order valence-electron chi connectivity index (χ0n) is 15.8. The smallest absolute Gasteiger partial charge is 0.377 e. The van der Waals surface area contributed by atoms with Gasteiger partial charge in [-0.1, -0.05) is 78.1 Å². The molecule has 0 N–H and O–H groups in total. The van der Waals surface area contributed by atoms with Gasteiger partial charge in [-0.15, -0.1) is 0 Å². The van der Waals surface area contributed by atoms with Crippen molar-refractivity contribution < 1.29 is 13.3 Å². The molecule has 22 heavy (non-hydrogen) atoms. The summed E-state index contributed by atoms with van der Waals surface area (Å²) in [6.07, 6.45) is 15.0. The minimum atomic E-state index is -2.32. The summed E-state index contributed by atoms with van der Waals surface area (Å²) >= 11 is 0. The van der Waals surface area contributed by atoms with Crippen LogP contribution in [0.1, 0.15) is 84.5 Å². The van der Waals surface area contributed by atoms with E-state index in [-0.39, 0.29) is 0 Å². The molecule has 0 saturated carbocycles. The third-order valence-corrected chi connectivity index (χ3v) is 7.28. The number of rotatable bonds is 16. The molecule has 0 radical (unpaired) electrons. The van der Waals surface area contributed by atoms with Gasteiger partial charge in [0.1, 0.15) is 0 Å². The maximum absolute atomic E-state index is 5.44. The Morgan fingerprint density at radius 2 is 0.955 bits per heavy atom. The second-order valence-electron chi connectivity index (χ2n) is 6.76. The van der Waals surface area contributed by atoms with Gasteiger partial charge in [0.05, 0.1) is 0 Å². The predicted molar refractivity (Wildman–Crippen MR) is 97.2 cm³/mol. The van der Waals surface area contributed by atoms with Crippen molar-refractivity contribution in [1.29, 1.82) is 0 Å². The Balaban J connectivity index is 3.30. The lowest BCUT2D eigenvalue weighted by atomic mass is 10.0. The fraction of sp³-hybridized carbons (Fsp3) is 1.00. The second-order valence-corrected chi connectivity index (χ2v) is 9.85. The van der Waals surface area contributed by atoms with E-state index in [1.807, 2.05) is 0 Å². The highest BCUT2D eigenvalue weighted by Gasteiger charge is 2.36. The Hall–Kier alpha value is 0.0969. The minimum Gasteiger partial charge on any atom is -0.377 e. The van der Waals surface area contributed by atoms with Crippen molar-refractivity contribution in [1.82, 2.24) is 0 Å². The van der Waals surface area contributed by atoms with Gasteiger partial charge in [0, 0.05) is 27.4 Å². The van der Waals surface area contributed by atoms with Crippen LogP contribution in [-0.2, 0) is 13.3 Å². The molecule has 0 bridgehead atoms. The van der Waals surface area contributed by atoms with Crippen molar-refractivity contribution in [2.24, 2.45) is 5.92 Å². The first-order chi connectivity index (χ1) is 10.6. The summed E-state index contributed by atoms with van der Waals surface area (Å²) in [6.45, 7) is 4.64. The lowest BCUT2D eigenvalue weighted by Crippen LogP contribution is -2.42. The van der Waals surface area contributed by atoms with Gasteiger partial charge in [-0.3, -0.25) is 0 Å². The Morgan fingerprint density at radius 3 is 1.32 bits per heavy atom. The fourth-order valence-corrected chi connectivity index (χ4v) is 4.66. The Labute approximate surface area is 140 Å². The van der Waals surface area contributed by atoms with Crippen LogP contribution in [0.2, 0.25) is 6.04 Å². The maximum atomic E-state index is 5.44. The summed E-state index contributed by atoms with van der Waals surface area (Å²) in [5, 5.41) is 0. The van der Waals surface area contributed by atoms with Crippen molar-refractivity contribution in [2.75, 3.05) is 21.3 Å². The number of unbranched alkanes of at least 4 members (excludes halogenated alkanes) is 9. The normalized spacial score (nSPS) is 12.3. The molecule has 0 aliphatic rings. The molecule has 0 fully saturated rings. The molecule has 0 aliphatic heterocycles. The van der Waals surface area contributed by atoms with E-state index in [4.69, 9.17) is 13.3 Å². The molecule has 0 saturated heterocycles. The molecule has 0 spiro atoms. The summed E-state index contributed by atoms with van der Waals surface area (Å²) in [5.41, 5.74) is 0. The predicted octanol–water partition coefficient (Wildman–Crippen LogP) is 5.81. The van der Waals surface area contributed by atoms with Crippen LogP contribution < -0.4 is 0 Å². The molecule has 0 heterocycles. The van der Waals surface area contributed by atoms with Crippen LogP contribution in [0.4, 0.5) is 0 Å². The number of hydrogen-bond acceptors (Lipinski definition) is 3. The molecule has 0 unspecified atom stereocenters. The summed E-state index contributed by atoms with van der Waals surface area (Å²) < 4.78 is 16.3. The van der Waals surface area contributed by atoms with Crippen LogP contribution in [0, 0.1) is 5.92 Å². The van der Waals surface area contributed by atoms with Crippen LogP contribution in [-0.4, -0.2) is 30.1 Å². The average molecular weight is 333 g/mol. The standard InChI is InChI=1S/C18H40O3Si/c1-18(2)16-14-12-10-8-6-7-9-11-13-15-17-22(19-3,20-4)21-5/h18H,6-17H2,1-5H3. The Bertz CT molecular complexity index is 222. The van der Waals surface area contributed by atoms with Crippen molar-refractivity contribution >= 4 is 8.80 Å². The van der Waals surface area contributed by atoms with E-state index >= 15 is 0 Å². The van der Waals surface area contributed by atoms with E-state index in [0.29, 0.717) is 0 Å². The molecule has 0 aromatic heterocycles. The van der Waals surface area contributed by atoms with Crippen molar-refractivity contribution in [2.45, 2.75) is 90.5 Å². The van der Waals surface area contributed by atoms with Crippen molar-refractivity contribution in [3.05, 3.63) is 0 Å². The Morgan fingerprint density at radius 1 is 0.591 bits per heavy atom. The highest BCUT2D eigenvalue weighted by atomic mass is 28.4. The molecule has 0 atom stereocenters. The van der Waals surface area contributed by atoms with Gasteiger partial charge >= 0.3 is 8.80 Å². The minimum absolute atomic E-state index is 0.871. The van der Waals surface area contributed by atoms with Gasteiger partial charge < -0.3 is 13.3 Å². The SMILES string of the molecule is CO[Si](CCCCCCCCCCCCC(C)C)(OC)OC. The first kappa shape index (κ1) is 22.1. The molecule has 4 heteroatoms. The molecular weight excluding hydrogens is 292 g/mol. The quantitative estimate of drug-likeness (QED) is 0.263. The first-order valence-corrected chi connectivity index (χ1v) is 11.2. The van der Waals surface area contributed by atoms with Crippen molar-refractivity contribution in [3.8, 4) is 0 Å². The topological polar surface area (TPSA) is 27.7 Å². The lowest BCUT2D eigenvalue weighted by molar-refractivity contribution is 0.122. The van der Waals surface area contributed by atoms with Gasteiger partial charge in [-0.05, 0) is 12.3 Å². The van der Waals surface area contributed by atoms with E-state index in [1.165, 1.54) is 64.2 Å². The zero-order chi connectivity index (χ0) is 16.7. The molecule has 0 aromatic carbocycles. The number of hydrogen-bond donors (Lipinski definition) is 0. The molecular formula is C18H40O3Si. The third kappa shape index (κ3) is 11.6. The molecule has 0 aromatic rings. The van der Waals surface area contributed by atoms with Crippen molar-refractivity contribution in [3.63, 3.8) is 0 Å². The monoisotopic (exact) mass is 332 g/mol. The highest BCUT2D eigenvalue weighted by molar-refractivity contribution is 6.60. The van der Waals surface area contributed by atoms with Crippen LogP contribution >= 0.6 is 0 Å². The van der Waals surface area contributed by atoms with E-state index in [1.54, 1.807) is 21.3 Å². The third-order valence-electron chi connectivity index (χ3n) is 4.45. The van der Waals surface area contributed by atoms with Crippen LogP contribution in [0.3, 0.4) is 0 Å².